The maximum Gasteiger partial charge on any atom is 0.341 e. The first kappa shape index (κ1) is 19.7. The fourth-order valence-corrected chi connectivity index (χ4v) is 4.19. The largest absolute Gasteiger partial charge is 0.462 e. The highest BCUT2D eigenvalue weighted by molar-refractivity contribution is 7.17. The van der Waals surface area contributed by atoms with E-state index in [0.717, 1.165) is 35.3 Å². The molecule has 1 aliphatic carbocycles. The Bertz CT molecular complexity index is 937. The number of nitrogens with one attached hydrogen (secondary N) is 2. The first-order valence-electron chi connectivity index (χ1n) is 8.89. The van der Waals surface area contributed by atoms with Crippen molar-refractivity contribution in [2.45, 2.75) is 33.1 Å². The van der Waals surface area contributed by atoms with Gasteiger partial charge in [0.25, 0.3) is 0 Å². The highest BCUT2D eigenvalue weighted by Gasteiger charge is 2.29. The summed E-state index contributed by atoms with van der Waals surface area (Å²) in [7, 11) is 0. The molecule has 8 nitrogen and oxygen atoms in total. The average molecular weight is 400 g/mol. The van der Waals surface area contributed by atoms with Gasteiger partial charge in [-0.25, -0.2) is 10.2 Å². The molecule has 2 amide bonds. The Morgan fingerprint density at radius 3 is 2.68 bits per heavy atom. The zero-order chi connectivity index (χ0) is 20.1. The van der Waals surface area contributed by atoms with E-state index in [0.29, 0.717) is 16.3 Å². The van der Waals surface area contributed by atoms with Crippen molar-refractivity contribution in [3.05, 3.63) is 46.1 Å². The molecule has 0 aliphatic heterocycles. The third kappa shape index (κ3) is 4.25. The molecular weight excluding hydrogens is 380 g/mol. The molecule has 0 saturated carbocycles. The minimum atomic E-state index is -0.920. The van der Waals surface area contributed by atoms with E-state index in [4.69, 9.17) is 4.74 Å². The topological polar surface area (TPSA) is 110 Å². The van der Waals surface area contributed by atoms with E-state index in [-0.39, 0.29) is 6.61 Å². The molecule has 0 saturated heterocycles. The molecule has 2 aromatic rings. The molecule has 9 heteroatoms. The summed E-state index contributed by atoms with van der Waals surface area (Å²) in [5.41, 5.74) is 4.80. The molecule has 0 bridgehead atoms. The van der Waals surface area contributed by atoms with Crippen LogP contribution >= 0.6 is 11.3 Å². The van der Waals surface area contributed by atoms with Crippen LogP contribution < -0.4 is 10.7 Å². The summed E-state index contributed by atoms with van der Waals surface area (Å²) < 4.78 is 5.11. The summed E-state index contributed by atoms with van der Waals surface area (Å²) in [5.74, 6) is -2.29. The molecule has 0 fully saturated rings. The lowest BCUT2D eigenvalue weighted by Gasteiger charge is -2.07. The summed E-state index contributed by atoms with van der Waals surface area (Å²) in [6.07, 6.45) is 5.79. The normalized spacial score (nSPS) is 13.0. The van der Waals surface area contributed by atoms with Crippen LogP contribution in [0.1, 0.15) is 46.6 Å². The van der Waals surface area contributed by atoms with Crippen molar-refractivity contribution in [3.63, 3.8) is 0 Å². The summed E-state index contributed by atoms with van der Waals surface area (Å²) in [5, 5.41) is 6.81. The van der Waals surface area contributed by atoms with Crippen LogP contribution in [0, 0.1) is 0 Å². The number of hydrogen-bond donors (Lipinski definition) is 2. The van der Waals surface area contributed by atoms with E-state index < -0.39 is 17.8 Å². The summed E-state index contributed by atoms with van der Waals surface area (Å²) >= 11 is 1.31. The van der Waals surface area contributed by atoms with Crippen LogP contribution in [-0.2, 0) is 27.2 Å². The van der Waals surface area contributed by atoms with E-state index >= 15 is 0 Å². The quantitative estimate of drug-likeness (QED) is 0.346. The van der Waals surface area contributed by atoms with Gasteiger partial charge in [0.1, 0.15) is 5.00 Å². The number of ether oxygens (including phenoxy) is 1. The Labute approximate surface area is 166 Å². The number of carbonyl (C=O) groups is 3. The molecule has 28 heavy (non-hydrogen) atoms. The van der Waals surface area contributed by atoms with Crippen molar-refractivity contribution >= 4 is 39.8 Å². The number of anilines is 1. The maximum atomic E-state index is 12.3. The van der Waals surface area contributed by atoms with Crippen molar-refractivity contribution in [1.82, 2.24) is 10.4 Å². The molecule has 2 heterocycles. The van der Waals surface area contributed by atoms with Gasteiger partial charge in [-0.3, -0.25) is 14.6 Å². The number of thiophene rings is 1. The van der Waals surface area contributed by atoms with Crippen LogP contribution in [0.2, 0.25) is 0 Å². The zero-order valence-corrected chi connectivity index (χ0v) is 16.4. The molecule has 2 N–H and O–H groups in total. The van der Waals surface area contributed by atoms with Gasteiger partial charge in [-0.05, 0) is 50.8 Å². The molecule has 0 spiro atoms. The summed E-state index contributed by atoms with van der Waals surface area (Å²) in [6, 6.07) is 3.48. The second kappa shape index (κ2) is 8.75. The Morgan fingerprint density at radius 2 is 1.96 bits per heavy atom. The molecule has 0 radical (unpaired) electrons. The Morgan fingerprint density at radius 1 is 1.21 bits per heavy atom. The van der Waals surface area contributed by atoms with Gasteiger partial charge in [0.15, 0.2) is 0 Å². The minimum Gasteiger partial charge on any atom is -0.462 e. The van der Waals surface area contributed by atoms with Gasteiger partial charge in [0, 0.05) is 22.8 Å². The highest BCUT2D eigenvalue weighted by Crippen LogP contribution is 2.39. The Balaban J connectivity index is 1.71. The lowest BCUT2D eigenvalue weighted by atomic mass is 10.1. The molecule has 3 rings (SSSR count). The number of aromatic nitrogens is 1. The van der Waals surface area contributed by atoms with Gasteiger partial charge in [0.05, 0.1) is 17.9 Å². The van der Waals surface area contributed by atoms with Gasteiger partial charge in [0.2, 0.25) is 0 Å². The zero-order valence-electron chi connectivity index (χ0n) is 15.6. The fourth-order valence-electron chi connectivity index (χ4n) is 2.91. The van der Waals surface area contributed by atoms with Crippen LogP contribution in [0.4, 0.5) is 5.00 Å². The fraction of sp³-hybridized carbons (Fsp3) is 0.316. The molecule has 1 aliphatic rings. The molecule has 0 aromatic carbocycles. The number of hydrogen-bond acceptors (Lipinski definition) is 7. The van der Waals surface area contributed by atoms with Gasteiger partial charge >= 0.3 is 17.8 Å². The van der Waals surface area contributed by atoms with Crippen molar-refractivity contribution in [2.75, 3.05) is 11.9 Å². The smallest absolute Gasteiger partial charge is 0.341 e. The van der Waals surface area contributed by atoms with E-state index in [1.165, 1.54) is 11.3 Å². The second-order valence-corrected chi connectivity index (χ2v) is 7.22. The second-order valence-electron chi connectivity index (χ2n) is 6.11. The molecule has 2 aromatic heterocycles. The number of aryl methyl sites for hydroxylation is 1. The molecular formula is C19H20N4O4S. The number of hydrazone groups is 1. The van der Waals surface area contributed by atoms with Crippen LogP contribution in [0.15, 0.2) is 29.6 Å². The van der Waals surface area contributed by atoms with Crippen LogP contribution in [0.25, 0.3) is 0 Å². The number of fused-ring (bicyclic) bond motifs is 1. The van der Waals surface area contributed by atoms with E-state index in [9.17, 15) is 14.4 Å². The summed E-state index contributed by atoms with van der Waals surface area (Å²) in [6.45, 7) is 3.66. The highest BCUT2D eigenvalue weighted by atomic mass is 32.1. The summed E-state index contributed by atoms with van der Waals surface area (Å²) in [4.78, 5) is 41.7. The monoisotopic (exact) mass is 400 g/mol. The van der Waals surface area contributed by atoms with Crippen molar-refractivity contribution in [3.8, 4) is 0 Å². The lowest BCUT2D eigenvalue weighted by molar-refractivity contribution is -0.136. The lowest BCUT2D eigenvalue weighted by Crippen LogP contribution is -2.33. The van der Waals surface area contributed by atoms with Gasteiger partial charge in [-0.2, -0.15) is 5.10 Å². The first-order chi connectivity index (χ1) is 13.5. The Kier molecular flexibility index (Phi) is 6.15. The average Bonchev–Trinajstić information content (AvgIpc) is 3.27. The number of amides is 2. The number of nitrogens with zero attached hydrogens (tertiary/aromatic N) is 2. The van der Waals surface area contributed by atoms with E-state index in [1.54, 1.807) is 38.4 Å². The van der Waals surface area contributed by atoms with Crippen LogP contribution in [-0.4, -0.2) is 35.1 Å². The van der Waals surface area contributed by atoms with Gasteiger partial charge in [-0.1, -0.05) is 0 Å². The van der Waals surface area contributed by atoms with Crippen LogP contribution in [0.5, 0.6) is 0 Å². The predicted molar refractivity (Wildman–Crippen MR) is 106 cm³/mol. The van der Waals surface area contributed by atoms with E-state index in [1.807, 2.05) is 0 Å². The Hall–Kier alpha value is -3.07. The van der Waals surface area contributed by atoms with E-state index in [2.05, 4.69) is 20.8 Å². The third-order valence-corrected chi connectivity index (χ3v) is 5.46. The first-order valence-corrected chi connectivity index (χ1v) is 9.70. The van der Waals surface area contributed by atoms with Crippen molar-refractivity contribution < 1.29 is 19.1 Å². The predicted octanol–water partition coefficient (Wildman–Crippen LogP) is 2.29. The number of carbonyl (C=O) groups excluding carboxylic acids is 3. The van der Waals surface area contributed by atoms with Gasteiger partial charge in [-0.15, -0.1) is 11.3 Å². The molecule has 146 valence electrons. The van der Waals surface area contributed by atoms with Crippen molar-refractivity contribution in [2.24, 2.45) is 5.10 Å². The van der Waals surface area contributed by atoms with Crippen LogP contribution in [0.3, 0.4) is 0 Å². The minimum absolute atomic E-state index is 0.236. The maximum absolute atomic E-state index is 12.3. The molecule has 0 unspecified atom stereocenters. The van der Waals surface area contributed by atoms with Gasteiger partial charge < -0.3 is 10.1 Å². The van der Waals surface area contributed by atoms with Crippen molar-refractivity contribution in [1.29, 1.82) is 0 Å². The standard InChI is InChI=1S/C19H20N4O4S/c1-3-27-19(26)15-13-5-4-6-14(13)28-18(15)21-16(24)17(25)23-22-11(2)12-7-9-20-10-8-12/h7-10H,3-6H2,1-2H3,(H,21,24)(H,23,25)/b22-11-. The number of pyridine rings is 1. The SMILES string of the molecule is CCOC(=O)c1c(NC(=O)C(=O)N/N=C(/C)c2ccncc2)sc2c1CCC2. The third-order valence-electron chi connectivity index (χ3n) is 4.26. The number of rotatable bonds is 5. The molecule has 0 atom stereocenters. The number of esters is 1.